The molecule has 0 aromatic carbocycles. The molecule has 0 amide bonds. The van der Waals surface area contributed by atoms with E-state index in [9.17, 15) is 0 Å². The van der Waals surface area contributed by atoms with E-state index < -0.39 is 0 Å². The van der Waals surface area contributed by atoms with Gasteiger partial charge in [-0.25, -0.2) is 4.98 Å². The summed E-state index contributed by atoms with van der Waals surface area (Å²) in [6.45, 7) is 4.19. The van der Waals surface area contributed by atoms with Crippen LogP contribution < -0.4 is 5.32 Å². The summed E-state index contributed by atoms with van der Waals surface area (Å²) in [7, 11) is 0. The summed E-state index contributed by atoms with van der Waals surface area (Å²) in [4.78, 5) is 4.03. The maximum atomic E-state index is 8.96. The lowest BCUT2D eigenvalue weighted by Crippen LogP contribution is -2.23. The molecule has 1 unspecified atom stereocenters. The SMILES string of the molecule is CCCC(CCO)CNCc1ccc(Cl)nc1. The number of nitrogens with zero attached hydrogens (tertiary/aromatic N) is 1. The zero-order chi connectivity index (χ0) is 12.5. The van der Waals surface area contributed by atoms with Crippen LogP contribution >= 0.6 is 11.6 Å². The van der Waals surface area contributed by atoms with Crippen LogP contribution in [-0.4, -0.2) is 23.2 Å². The minimum atomic E-state index is 0.273. The third-order valence-electron chi connectivity index (χ3n) is 2.79. The Hall–Kier alpha value is -0.640. The van der Waals surface area contributed by atoms with Crippen LogP contribution in [0.3, 0.4) is 0 Å². The van der Waals surface area contributed by atoms with Crippen molar-refractivity contribution in [2.75, 3.05) is 13.2 Å². The molecule has 0 aliphatic rings. The first-order valence-electron chi connectivity index (χ1n) is 6.18. The summed E-state index contributed by atoms with van der Waals surface area (Å²) in [6.07, 6.45) is 4.98. The number of aliphatic hydroxyl groups excluding tert-OH is 1. The Morgan fingerprint density at radius 2 is 2.24 bits per heavy atom. The van der Waals surface area contributed by atoms with Crippen molar-refractivity contribution in [1.82, 2.24) is 10.3 Å². The van der Waals surface area contributed by atoms with E-state index in [0.29, 0.717) is 11.1 Å². The second-order valence-corrected chi connectivity index (χ2v) is 4.67. The van der Waals surface area contributed by atoms with Crippen LogP contribution in [0.2, 0.25) is 5.15 Å². The van der Waals surface area contributed by atoms with Crippen molar-refractivity contribution in [3.63, 3.8) is 0 Å². The number of nitrogens with one attached hydrogen (secondary N) is 1. The van der Waals surface area contributed by atoms with Crippen molar-refractivity contribution >= 4 is 11.6 Å². The van der Waals surface area contributed by atoms with E-state index in [4.69, 9.17) is 16.7 Å². The molecule has 96 valence electrons. The molecule has 1 rings (SSSR count). The standard InChI is InChI=1S/C13H21ClN2O/c1-2-3-11(6-7-17)8-15-9-12-4-5-13(14)16-10-12/h4-5,10-11,15,17H,2-3,6-9H2,1H3. The molecule has 0 aliphatic heterocycles. The molecular weight excluding hydrogens is 236 g/mol. The van der Waals surface area contributed by atoms with Crippen molar-refractivity contribution in [3.05, 3.63) is 29.0 Å². The van der Waals surface area contributed by atoms with Crippen molar-refractivity contribution in [1.29, 1.82) is 0 Å². The molecule has 0 saturated carbocycles. The predicted molar refractivity (Wildman–Crippen MR) is 71.1 cm³/mol. The maximum Gasteiger partial charge on any atom is 0.129 e. The van der Waals surface area contributed by atoms with Gasteiger partial charge in [0.05, 0.1) is 0 Å². The van der Waals surface area contributed by atoms with Crippen LogP contribution in [-0.2, 0) is 6.54 Å². The summed E-state index contributed by atoms with van der Waals surface area (Å²) < 4.78 is 0. The van der Waals surface area contributed by atoms with Crippen LogP contribution in [0.4, 0.5) is 0 Å². The van der Waals surface area contributed by atoms with Crippen LogP contribution in [0.5, 0.6) is 0 Å². The summed E-state index contributed by atoms with van der Waals surface area (Å²) in [5, 5.41) is 12.9. The molecule has 4 heteroatoms. The van der Waals surface area contributed by atoms with Gasteiger partial charge in [-0.1, -0.05) is 31.0 Å². The molecule has 0 spiro atoms. The molecule has 1 aromatic heterocycles. The number of pyridine rings is 1. The molecule has 0 radical (unpaired) electrons. The summed E-state index contributed by atoms with van der Waals surface area (Å²) in [5.74, 6) is 0.560. The maximum absolute atomic E-state index is 8.96. The van der Waals surface area contributed by atoms with Crippen molar-refractivity contribution < 1.29 is 5.11 Å². The van der Waals surface area contributed by atoms with Gasteiger partial charge >= 0.3 is 0 Å². The third-order valence-corrected chi connectivity index (χ3v) is 3.01. The molecule has 0 saturated heterocycles. The number of aromatic nitrogens is 1. The normalized spacial score (nSPS) is 12.6. The fourth-order valence-corrected chi connectivity index (χ4v) is 1.98. The van der Waals surface area contributed by atoms with Crippen LogP contribution in [0.25, 0.3) is 0 Å². The second-order valence-electron chi connectivity index (χ2n) is 4.29. The molecule has 0 aliphatic carbocycles. The van der Waals surface area contributed by atoms with Gasteiger partial charge in [-0.15, -0.1) is 0 Å². The van der Waals surface area contributed by atoms with Gasteiger partial charge in [0, 0.05) is 19.3 Å². The van der Waals surface area contributed by atoms with Crippen LogP contribution in [0.15, 0.2) is 18.3 Å². The highest BCUT2D eigenvalue weighted by molar-refractivity contribution is 6.29. The Bertz CT molecular complexity index is 297. The van der Waals surface area contributed by atoms with E-state index >= 15 is 0 Å². The van der Waals surface area contributed by atoms with Crippen molar-refractivity contribution in [2.24, 2.45) is 5.92 Å². The van der Waals surface area contributed by atoms with E-state index in [1.165, 1.54) is 0 Å². The molecule has 17 heavy (non-hydrogen) atoms. The lowest BCUT2D eigenvalue weighted by molar-refractivity contribution is 0.248. The van der Waals surface area contributed by atoms with Gasteiger partial charge in [-0.3, -0.25) is 0 Å². The lowest BCUT2D eigenvalue weighted by atomic mass is 10.0. The minimum Gasteiger partial charge on any atom is -0.396 e. The molecule has 0 bridgehead atoms. The van der Waals surface area contributed by atoms with Gasteiger partial charge in [0.2, 0.25) is 0 Å². The molecule has 1 atom stereocenters. The van der Waals surface area contributed by atoms with Crippen molar-refractivity contribution in [2.45, 2.75) is 32.7 Å². The average molecular weight is 257 g/mol. The van der Waals surface area contributed by atoms with Gasteiger partial charge in [0.25, 0.3) is 0 Å². The van der Waals surface area contributed by atoms with E-state index in [2.05, 4.69) is 17.2 Å². The summed E-state index contributed by atoms with van der Waals surface area (Å²) in [5.41, 5.74) is 1.13. The zero-order valence-electron chi connectivity index (χ0n) is 10.3. The quantitative estimate of drug-likeness (QED) is 0.703. The molecular formula is C13H21ClN2O. The Morgan fingerprint density at radius 1 is 1.41 bits per heavy atom. The lowest BCUT2D eigenvalue weighted by Gasteiger charge is -2.15. The Balaban J connectivity index is 2.27. The zero-order valence-corrected chi connectivity index (χ0v) is 11.1. The summed E-state index contributed by atoms with van der Waals surface area (Å²) >= 11 is 5.72. The first-order chi connectivity index (χ1) is 8.26. The Kier molecular flexibility index (Phi) is 7.17. The molecule has 1 aromatic rings. The van der Waals surface area contributed by atoms with E-state index in [-0.39, 0.29) is 6.61 Å². The predicted octanol–water partition coefficient (Wildman–Crippen LogP) is 2.62. The number of rotatable bonds is 8. The van der Waals surface area contributed by atoms with Gasteiger partial charge < -0.3 is 10.4 Å². The average Bonchev–Trinajstić information content (AvgIpc) is 2.32. The Morgan fingerprint density at radius 3 is 2.82 bits per heavy atom. The number of hydrogen-bond acceptors (Lipinski definition) is 3. The number of aliphatic hydroxyl groups is 1. The fourth-order valence-electron chi connectivity index (χ4n) is 1.87. The topological polar surface area (TPSA) is 45.1 Å². The van der Waals surface area contributed by atoms with Gasteiger partial charge in [0.15, 0.2) is 0 Å². The number of hydrogen-bond donors (Lipinski definition) is 2. The summed E-state index contributed by atoms with van der Waals surface area (Å²) in [6, 6.07) is 3.78. The van der Waals surface area contributed by atoms with Gasteiger partial charge in [-0.2, -0.15) is 0 Å². The smallest absolute Gasteiger partial charge is 0.129 e. The Labute approximate surface area is 108 Å². The highest BCUT2D eigenvalue weighted by atomic mass is 35.5. The second kappa shape index (κ2) is 8.45. The van der Waals surface area contributed by atoms with Crippen LogP contribution in [0, 0.1) is 5.92 Å². The highest BCUT2D eigenvalue weighted by Gasteiger charge is 2.06. The first kappa shape index (κ1) is 14.4. The number of halogens is 1. The third kappa shape index (κ3) is 6.01. The van der Waals surface area contributed by atoms with E-state index in [1.54, 1.807) is 12.3 Å². The fraction of sp³-hybridized carbons (Fsp3) is 0.615. The van der Waals surface area contributed by atoms with Crippen molar-refractivity contribution in [3.8, 4) is 0 Å². The molecule has 3 nitrogen and oxygen atoms in total. The molecule has 2 N–H and O–H groups in total. The van der Waals surface area contributed by atoms with Gasteiger partial charge in [0.1, 0.15) is 5.15 Å². The monoisotopic (exact) mass is 256 g/mol. The molecule has 0 fully saturated rings. The molecule has 1 heterocycles. The largest absolute Gasteiger partial charge is 0.396 e. The van der Waals surface area contributed by atoms with E-state index in [0.717, 1.165) is 37.9 Å². The van der Waals surface area contributed by atoms with E-state index in [1.807, 2.05) is 6.07 Å². The minimum absolute atomic E-state index is 0.273. The first-order valence-corrected chi connectivity index (χ1v) is 6.56. The highest BCUT2D eigenvalue weighted by Crippen LogP contribution is 2.10. The van der Waals surface area contributed by atoms with Crippen LogP contribution in [0.1, 0.15) is 31.7 Å². The van der Waals surface area contributed by atoms with Gasteiger partial charge in [-0.05, 0) is 36.9 Å².